The molecule has 1 aromatic rings. The number of hydrogen-bond donors (Lipinski definition) is 0. The standard InChI is InChI=1S/C11H15ClN2O/c1-2-8-7-13-11(12)14-10(8)9-5-3-4-6-15-9/h7,9H,2-6H2,1H3. The van der Waals surface area contributed by atoms with Crippen molar-refractivity contribution < 1.29 is 4.74 Å². The van der Waals surface area contributed by atoms with E-state index in [1.165, 1.54) is 6.42 Å². The first-order chi connectivity index (χ1) is 7.31. The molecule has 2 rings (SSSR count). The predicted octanol–water partition coefficient (Wildman–Crippen LogP) is 2.93. The number of nitrogens with zero attached hydrogens (tertiary/aromatic N) is 2. The smallest absolute Gasteiger partial charge is 0.222 e. The number of ether oxygens (including phenoxy) is 1. The largest absolute Gasteiger partial charge is 0.372 e. The second-order valence-corrected chi connectivity index (χ2v) is 4.10. The molecular formula is C11H15ClN2O. The van der Waals surface area contributed by atoms with E-state index >= 15 is 0 Å². The van der Waals surface area contributed by atoms with Gasteiger partial charge in [-0.1, -0.05) is 6.92 Å². The molecule has 0 amide bonds. The first kappa shape index (κ1) is 10.8. The first-order valence-corrected chi connectivity index (χ1v) is 5.82. The first-order valence-electron chi connectivity index (χ1n) is 5.44. The summed E-state index contributed by atoms with van der Waals surface area (Å²) in [5.74, 6) is 0. The molecule has 3 nitrogen and oxygen atoms in total. The summed E-state index contributed by atoms with van der Waals surface area (Å²) in [4.78, 5) is 8.30. The van der Waals surface area contributed by atoms with Crippen LogP contribution in [0.1, 0.15) is 43.5 Å². The molecule has 1 aliphatic heterocycles. The van der Waals surface area contributed by atoms with Gasteiger partial charge < -0.3 is 4.74 Å². The molecule has 4 heteroatoms. The van der Waals surface area contributed by atoms with Crippen molar-refractivity contribution in [1.82, 2.24) is 9.97 Å². The van der Waals surface area contributed by atoms with Crippen molar-refractivity contribution in [2.24, 2.45) is 0 Å². The minimum Gasteiger partial charge on any atom is -0.372 e. The lowest BCUT2D eigenvalue weighted by atomic mass is 10.0. The highest BCUT2D eigenvalue weighted by atomic mass is 35.5. The van der Waals surface area contributed by atoms with Gasteiger partial charge in [-0.15, -0.1) is 0 Å². The lowest BCUT2D eigenvalue weighted by molar-refractivity contribution is 0.0117. The molecular weight excluding hydrogens is 212 g/mol. The van der Waals surface area contributed by atoms with Gasteiger partial charge in [0.2, 0.25) is 5.28 Å². The van der Waals surface area contributed by atoms with Gasteiger partial charge in [-0.25, -0.2) is 9.97 Å². The lowest BCUT2D eigenvalue weighted by Crippen LogP contribution is -2.15. The van der Waals surface area contributed by atoms with Gasteiger partial charge in [-0.05, 0) is 42.8 Å². The molecule has 1 fully saturated rings. The van der Waals surface area contributed by atoms with Gasteiger partial charge in [0.1, 0.15) is 0 Å². The maximum absolute atomic E-state index is 5.82. The highest BCUT2D eigenvalue weighted by molar-refractivity contribution is 6.28. The van der Waals surface area contributed by atoms with E-state index in [4.69, 9.17) is 16.3 Å². The van der Waals surface area contributed by atoms with E-state index in [9.17, 15) is 0 Å². The minimum absolute atomic E-state index is 0.120. The van der Waals surface area contributed by atoms with E-state index in [0.717, 1.165) is 37.1 Å². The van der Waals surface area contributed by atoms with Crippen molar-refractivity contribution in [3.05, 3.63) is 22.7 Å². The van der Waals surface area contributed by atoms with E-state index in [1.807, 2.05) is 6.20 Å². The van der Waals surface area contributed by atoms with Gasteiger partial charge in [0.25, 0.3) is 0 Å². The summed E-state index contributed by atoms with van der Waals surface area (Å²) in [7, 11) is 0. The summed E-state index contributed by atoms with van der Waals surface area (Å²) in [6, 6.07) is 0. The zero-order chi connectivity index (χ0) is 10.7. The van der Waals surface area contributed by atoms with Crippen molar-refractivity contribution in [2.75, 3.05) is 6.61 Å². The fraction of sp³-hybridized carbons (Fsp3) is 0.636. The highest BCUT2D eigenvalue weighted by Gasteiger charge is 2.20. The second-order valence-electron chi connectivity index (χ2n) is 3.76. The Bertz CT molecular complexity index is 337. The zero-order valence-electron chi connectivity index (χ0n) is 8.87. The Kier molecular flexibility index (Phi) is 3.54. The molecule has 0 N–H and O–H groups in total. The maximum atomic E-state index is 5.82. The molecule has 0 radical (unpaired) electrons. The molecule has 1 saturated heterocycles. The number of hydrogen-bond acceptors (Lipinski definition) is 3. The number of aromatic nitrogens is 2. The molecule has 1 atom stereocenters. The van der Waals surface area contributed by atoms with E-state index in [-0.39, 0.29) is 6.10 Å². The van der Waals surface area contributed by atoms with Crippen molar-refractivity contribution >= 4 is 11.6 Å². The third-order valence-electron chi connectivity index (χ3n) is 2.73. The SMILES string of the molecule is CCc1cnc(Cl)nc1C1CCCCO1. The maximum Gasteiger partial charge on any atom is 0.222 e. The number of rotatable bonds is 2. The molecule has 0 spiro atoms. The van der Waals surface area contributed by atoms with Crippen molar-refractivity contribution in [3.63, 3.8) is 0 Å². The third-order valence-corrected chi connectivity index (χ3v) is 2.92. The molecule has 1 aliphatic rings. The molecule has 0 saturated carbocycles. The zero-order valence-corrected chi connectivity index (χ0v) is 9.63. The van der Waals surface area contributed by atoms with Gasteiger partial charge in [-0.2, -0.15) is 0 Å². The Labute approximate surface area is 94.8 Å². The molecule has 0 aromatic carbocycles. The Morgan fingerprint density at radius 1 is 1.53 bits per heavy atom. The van der Waals surface area contributed by atoms with Gasteiger partial charge in [-0.3, -0.25) is 0 Å². The molecule has 0 aliphatic carbocycles. The Hall–Kier alpha value is -0.670. The molecule has 15 heavy (non-hydrogen) atoms. The predicted molar refractivity (Wildman–Crippen MR) is 59.0 cm³/mol. The Morgan fingerprint density at radius 2 is 2.40 bits per heavy atom. The third kappa shape index (κ3) is 2.47. The second kappa shape index (κ2) is 4.90. The lowest BCUT2D eigenvalue weighted by Gasteiger charge is -2.23. The van der Waals surface area contributed by atoms with E-state index in [2.05, 4.69) is 16.9 Å². The van der Waals surface area contributed by atoms with Crippen molar-refractivity contribution in [2.45, 2.75) is 38.7 Å². The quantitative estimate of drug-likeness (QED) is 0.728. The van der Waals surface area contributed by atoms with Crippen LogP contribution in [0.25, 0.3) is 0 Å². The summed E-state index contributed by atoms with van der Waals surface area (Å²) in [6.45, 7) is 2.92. The summed E-state index contributed by atoms with van der Waals surface area (Å²) in [5.41, 5.74) is 2.13. The molecule has 1 aromatic heterocycles. The molecule has 0 bridgehead atoms. The average Bonchev–Trinajstić information content (AvgIpc) is 2.30. The van der Waals surface area contributed by atoms with Gasteiger partial charge in [0.15, 0.2) is 0 Å². The summed E-state index contributed by atoms with van der Waals surface area (Å²) in [5, 5.41) is 0.316. The van der Waals surface area contributed by atoms with Crippen LogP contribution in [-0.2, 0) is 11.2 Å². The molecule has 82 valence electrons. The average molecular weight is 227 g/mol. The van der Waals surface area contributed by atoms with Crippen molar-refractivity contribution in [1.29, 1.82) is 0 Å². The van der Waals surface area contributed by atoms with Crippen LogP contribution < -0.4 is 0 Å². The van der Waals surface area contributed by atoms with Crippen LogP contribution in [0, 0.1) is 0 Å². The summed E-state index contributed by atoms with van der Waals surface area (Å²) < 4.78 is 5.71. The van der Waals surface area contributed by atoms with E-state index in [0.29, 0.717) is 5.28 Å². The number of aryl methyl sites for hydroxylation is 1. The summed E-state index contributed by atoms with van der Waals surface area (Å²) >= 11 is 5.82. The Balaban J connectivity index is 2.27. The van der Waals surface area contributed by atoms with Crippen LogP contribution in [0.2, 0.25) is 5.28 Å². The van der Waals surface area contributed by atoms with Crippen LogP contribution in [0.4, 0.5) is 0 Å². The van der Waals surface area contributed by atoms with Crippen LogP contribution in [0.3, 0.4) is 0 Å². The van der Waals surface area contributed by atoms with Gasteiger partial charge in [0, 0.05) is 12.8 Å². The van der Waals surface area contributed by atoms with Crippen LogP contribution in [0.15, 0.2) is 6.20 Å². The summed E-state index contributed by atoms with van der Waals surface area (Å²) in [6.07, 6.45) is 6.25. The molecule has 1 unspecified atom stereocenters. The minimum atomic E-state index is 0.120. The van der Waals surface area contributed by atoms with Crippen LogP contribution >= 0.6 is 11.6 Å². The van der Waals surface area contributed by atoms with Gasteiger partial charge >= 0.3 is 0 Å². The van der Waals surface area contributed by atoms with Crippen LogP contribution in [-0.4, -0.2) is 16.6 Å². The highest BCUT2D eigenvalue weighted by Crippen LogP contribution is 2.29. The number of halogens is 1. The normalized spacial score (nSPS) is 21.6. The molecule has 2 heterocycles. The van der Waals surface area contributed by atoms with Crippen LogP contribution in [0.5, 0.6) is 0 Å². The topological polar surface area (TPSA) is 35.0 Å². The van der Waals surface area contributed by atoms with E-state index < -0.39 is 0 Å². The fourth-order valence-electron chi connectivity index (χ4n) is 1.90. The van der Waals surface area contributed by atoms with E-state index in [1.54, 1.807) is 0 Å². The van der Waals surface area contributed by atoms with Crippen molar-refractivity contribution in [3.8, 4) is 0 Å². The Morgan fingerprint density at radius 3 is 3.07 bits per heavy atom. The van der Waals surface area contributed by atoms with Gasteiger partial charge in [0.05, 0.1) is 11.8 Å². The monoisotopic (exact) mass is 226 g/mol. The fourth-order valence-corrected chi connectivity index (χ4v) is 2.04.